The molecule has 2 N–H and O–H groups in total. The minimum Gasteiger partial charge on any atom is -0.394 e. The molecular formula is C17H35N3O. The zero-order valence-electron chi connectivity index (χ0n) is 14.7. The van der Waals surface area contributed by atoms with Crippen LogP contribution >= 0.6 is 0 Å². The fourth-order valence-electron chi connectivity index (χ4n) is 3.50. The van der Waals surface area contributed by atoms with Crippen molar-refractivity contribution in [3.63, 3.8) is 0 Å². The van der Waals surface area contributed by atoms with E-state index in [9.17, 15) is 5.11 Å². The average molecular weight is 297 g/mol. The lowest BCUT2D eigenvalue weighted by Gasteiger charge is -2.45. The molecule has 1 aliphatic carbocycles. The molecule has 4 heteroatoms. The van der Waals surface area contributed by atoms with Crippen molar-refractivity contribution in [1.82, 2.24) is 15.1 Å². The van der Waals surface area contributed by atoms with Gasteiger partial charge in [0.05, 0.1) is 6.61 Å². The van der Waals surface area contributed by atoms with Crippen LogP contribution in [0.1, 0.15) is 53.9 Å². The van der Waals surface area contributed by atoms with Crippen LogP contribution in [0.15, 0.2) is 0 Å². The predicted octanol–water partition coefficient (Wildman–Crippen LogP) is 1.68. The fraction of sp³-hybridized carbons (Fsp3) is 1.00. The molecule has 1 saturated carbocycles. The average Bonchev–Trinajstić information content (AvgIpc) is 3.21. The van der Waals surface area contributed by atoms with Crippen molar-refractivity contribution in [2.45, 2.75) is 77.0 Å². The molecule has 2 unspecified atom stereocenters. The van der Waals surface area contributed by atoms with E-state index in [1.54, 1.807) is 0 Å². The number of hydrogen-bond donors (Lipinski definition) is 2. The van der Waals surface area contributed by atoms with Crippen LogP contribution in [0.3, 0.4) is 0 Å². The Bertz CT molecular complexity index is 329. The largest absolute Gasteiger partial charge is 0.394 e. The Morgan fingerprint density at radius 3 is 2.10 bits per heavy atom. The molecule has 0 bridgehead atoms. The second-order valence-electron chi connectivity index (χ2n) is 8.38. The van der Waals surface area contributed by atoms with Crippen LogP contribution in [-0.2, 0) is 0 Å². The first kappa shape index (κ1) is 17.2. The van der Waals surface area contributed by atoms with Crippen LogP contribution in [0.4, 0.5) is 0 Å². The maximum Gasteiger partial charge on any atom is 0.0611 e. The van der Waals surface area contributed by atoms with Crippen molar-refractivity contribution >= 4 is 0 Å². The van der Waals surface area contributed by atoms with E-state index in [-0.39, 0.29) is 17.7 Å². The van der Waals surface area contributed by atoms with Crippen molar-refractivity contribution in [2.24, 2.45) is 0 Å². The van der Waals surface area contributed by atoms with E-state index in [1.165, 1.54) is 12.8 Å². The summed E-state index contributed by atoms with van der Waals surface area (Å²) in [7, 11) is 0. The first-order valence-corrected chi connectivity index (χ1v) is 8.61. The SMILES string of the molecule is CC(CC(C)(CO)NC1CC1)N1CCN(C(C)(C)C)CC1. The van der Waals surface area contributed by atoms with E-state index in [0.29, 0.717) is 12.1 Å². The second-order valence-corrected chi connectivity index (χ2v) is 8.38. The molecule has 0 aromatic heterocycles. The third-order valence-corrected chi connectivity index (χ3v) is 5.11. The number of aliphatic hydroxyl groups is 1. The normalized spacial score (nSPS) is 26.6. The summed E-state index contributed by atoms with van der Waals surface area (Å²) in [4.78, 5) is 5.16. The number of rotatable bonds is 6. The molecular weight excluding hydrogens is 262 g/mol. The van der Waals surface area contributed by atoms with E-state index in [2.05, 4.69) is 49.7 Å². The maximum absolute atomic E-state index is 9.77. The van der Waals surface area contributed by atoms with Crippen LogP contribution in [0.5, 0.6) is 0 Å². The van der Waals surface area contributed by atoms with Gasteiger partial charge in [0.15, 0.2) is 0 Å². The molecule has 1 aliphatic heterocycles. The van der Waals surface area contributed by atoms with E-state index < -0.39 is 0 Å². The Morgan fingerprint density at radius 2 is 1.67 bits per heavy atom. The minimum atomic E-state index is -0.123. The number of piperazine rings is 1. The smallest absolute Gasteiger partial charge is 0.0611 e. The van der Waals surface area contributed by atoms with Crippen LogP contribution in [0.2, 0.25) is 0 Å². The lowest BCUT2D eigenvalue weighted by Crippen LogP contribution is -2.57. The standard InChI is InChI=1S/C17H35N3O/c1-14(12-17(5,13-21)18-15-6-7-15)19-8-10-20(11-9-19)16(2,3)4/h14-15,18,21H,6-13H2,1-5H3. The highest BCUT2D eigenvalue weighted by Gasteiger charge is 2.35. The Kier molecular flexibility index (Phi) is 5.35. The van der Waals surface area contributed by atoms with Gasteiger partial charge in [0.25, 0.3) is 0 Å². The molecule has 124 valence electrons. The molecule has 0 spiro atoms. The molecule has 0 amide bonds. The summed E-state index contributed by atoms with van der Waals surface area (Å²) in [6.07, 6.45) is 3.57. The van der Waals surface area contributed by atoms with Crippen molar-refractivity contribution in [3.8, 4) is 0 Å². The Labute approximate surface area is 130 Å². The van der Waals surface area contributed by atoms with Crippen molar-refractivity contribution in [3.05, 3.63) is 0 Å². The first-order chi connectivity index (χ1) is 9.73. The van der Waals surface area contributed by atoms with Gasteiger partial charge in [-0.25, -0.2) is 0 Å². The van der Waals surface area contributed by atoms with Gasteiger partial charge in [0.2, 0.25) is 0 Å². The Balaban J connectivity index is 1.82. The van der Waals surface area contributed by atoms with Gasteiger partial charge in [0, 0.05) is 49.3 Å². The monoisotopic (exact) mass is 297 g/mol. The zero-order valence-corrected chi connectivity index (χ0v) is 14.7. The Hall–Kier alpha value is -0.160. The van der Waals surface area contributed by atoms with Crippen LogP contribution in [0, 0.1) is 0 Å². The lowest BCUT2D eigenvalue weighted by molar-refractivity contribution is 0.0325. The molecule has 1 saturated heterocycles. The highest BCUT2D eigenvalue weighted by Crippen LogP contribution is 2.26. The van der Waals surface area contributed by atoms with Gasteiger partial charge in [0.1, 0.15) is 0 Å². The molecule has 0 aromatic rings. The molecule has 1 heterocycles. The molecule has 4 nitrogen and oxygen atoms in total. The summed E-state index contributed by atoms with van der Waals surface area (Å²) >= 11 is 0. The molecule has 0 aromatic carbocycles. The zero-order chi connectivity index (χ0) is 15.7. The van der Waals surface area contributed by atoms with E-state index in [0.717, 1.165) is 32.6 Å². The Morgan fingerprint density at radius 1 is 1.10 bits per heavy atom. The topological polar surface area (TPSA) is 38.7 Å². The molecule has 2 atom stereocenters. The molecule has 2 fully saturated rings. The van der Waals surface area contributed by atoms with Gasteiger partial charge in [-0.1, -0.05) is 0 Å². The van der Waals surface area contributed by atoms with E-state index in [4.69, 9.17) is 0 Å². The number of hydrogen-bond acceptors (Lipinski definition) is 4. The minimum absolute atomic E-state index is 0.123. The van der Waals surface area contributed by atoms with Crippen LogP contribution < -0.4 is 5.32 Å². The second kappa shape index (κ2) is 6.53. The third kappa shape index (κ3) is 4.92. The summed E-state index contributed by atoms with van der Waals surface area (Å²) in [5.41, 5.74) is 0.157. The highest BCUT2D eigenvalue weighted by molar-refractivity contribution is 4.95. The molecule has 0 radical (unpaired) electrons. The number of nitrogens with one attached hydrogen (secondary N) is 1. The first-order valence-electron chi connectivity index (χ1n) is 8.61. The van der Waals surface area contributed by atoms with Gasteiger partial charge in [-0.2, -0.15) is 0 Å². The summed E-state index contributed by atoms with van der Waals surface area (Å²) in [5, 5.41) is 13.4. The van der Waals surface area contributed by atoms with Gasteiger partial charge in [-0.05, 0) is 53.9 Å². The fourth-order valence-corrected chi connectivity index (χ4v) is 3.50. The quantitative estimate of drug-likeness (QED) is 0.782. The summed E-state index contributed by atoms with van der Waals surface area (Å²) in [6, 6.07) is 1.17. The number of aliphatic hydroxyl groups excluding tert-OH is 1. The summed E-state index contributed by atoms with van der Waals surface area (Å²) in [5.74, 6) is 0. The number of nitrogens with zero attached hydrogens (tertiary/aromatic N) is 2. The molecule has 2 aliphatic rings. The maximum atomic E-state index is 9.77. The van der Waals surface area contributed by atoms with Crippen LogP contribution in [-0.4, -0.2) is 70.9 Å². The van der Waals surface area contributed by atoms with Gasteiger partial charge in [-0.15, -0.1) is 0 Å². The van der Waals surface area contributed by atoms with Crippen molar-refractivity contribution in [2.75, 3.05) is 32.8 Å². The predicted molar refractivity (Wildman–Crippen MR) is 88.6 cm³/mol. The van der Waals surface area contributed by atoms with Gasteiger partial charge >= 0.3 is 0 Å². The van der Waals surface area contributed by atoms with Crippen molar-refractivity contribution in [1.29, 1.82) is 0 Å². The van der Waals surface area contributed by atoms with Crippen molar-refractivity contribution < 1.29 is 5.11 Å². The lowest BCUT2D eigenvalue weighted by atomic mass is 9.93. The van der Waals surface area contributed by atoms with Gasteiger partial charge in [-0.3, -0.25) is 9.80 Å². The molecule has 21 heavy (non-hydrogen) atoms. The van der Waals surface area contributed by atoms with E-state index in [1.807, 2.05) is 0 Å². The third-order valence-electron chi connectivity index (χ3n) is 5.11. The van der Waals surface area contributed by atoms with Crippen LogP contribution in [0.25, 0.3) is 0 Å². The summed E-state index contributed by atoms with van der Waals surface area (Å²) in [6.45, 7) is 16.2. The molecule has 2 rings (SSSR count). The van der Waals surface area contributed by atoms with E-state index >= 15 is 0 Å². The highest BCUT2D eigenvalue weighted by atomic mass is 16.3. The van der Waals surface area contributed by atoms with Gasteiger partial charge < -0.3 is 10.4 Å². The summed E-state index contributed by atoms with van der Waals surface area (Å²) < 4.78 is 0.